The van der Waals surface area contributed by atoms with E-state index in [4.69, 9.17) is 20.8 Å². The molecule has 2 aromatic carbocycles. The Morgan fingerprint density at radius 3 is 2.61 bits per heavy atom. The zero-order valence-corrected chi connectivity index (χ0v) is 19.2. The van der Waals surface area contributed by atoms with Gasteiger partial charge in [0.25, 0.3) is 5.91 Å². The molecule has 9 heteroatoms. The van der Waals surface area contributed by atoms with Gasteiger partial charge >= 0.3 is 6.09 Å². The number of fused-ring (bicyclic) bond motifs is 1. The molecule has 0 aliphatic carbocycles. The first-order valence-corrected chi connectivity index (χ1v) is 10.6. The highest BCUT2D eigenvalue weighted by Crippen LogP contribution is 2.16. The van der Waals surface area contributed by atoms with Crippen molar-refractivity contribution in [2.75, 3.05) is 0 Å². The molecule has 0 bridgehead atoms. The van der Waals surface area contributed by atoms with Crippen molar-refractivity contribution in [3.63, 3.8) is 0 Å². The van der Waals surface area contributed by atoms with Crippen LogP contribution in [0.1, 0.15) is 31.9 Å². The number of halogens is 1. The van der Waals surface area contributed by atoms with Crippen LogP contribution >= 0.6 is 11.6 Å². The minimum absolute atomic E-state index is 0.129. The number of hydrogen-bond donors (Lipinski definition) is 2. The largest absolute Gasteiger partial charge is 0.463 e. The van der Waals surface area contributed by atoms with Crippen molar-refractivity contribution in [1.29, 1.82) is 0 Å². The zero-order valence-electron chi connectivity index (χ0n) is 18.4. The lowest BCUT2D eigenvalue weighted by Crippen LogP contribution is -2.48. The molecule has 2 N–H and O–H groups in total. The van der Waals surface area contributed by atoms with Gasteiger partial charge in [0.15, 0.2) is 0 Å². The number of nitrogens with one attached hydrogen (secondary N) is 2. The van der Waals surface area contributed by atoms with E-state index in [1.807, 2.05) is 30.3 Å². The average molecular weight is 470 g/mol. The van der Waals surface area contributed by atoms with Crippen molar-refractivity contribution in [3.8, 4) is 0 Å². The molecule has 172 valence electrons. The molecular weight excluding hydrogens is 446 g/mol. The van der Waals surface area contributed by atoms with E-state index in [2.05, 4.69) is 15.8 Å². The predicted octanol–water partition coefficient (Wildman–Crippen LogP) is 4.03. The molecule has 0 fully saturated rings. The molecule has 0 aliphatic heterocycles. The number of hydrogen-bond acceptors (Lipinski definition) is 6. The van der Waals surface area contributed by atoms with E-state index in [0.29, 0.717) is 16.0 Å². The SMILES string of the molecule is CC(C)(C)OC(=O)NC(Cc1ccccc1)C(=O)N/N=C/c1coc2ccc(Cl)cc2c1=O. The molecule has 3 rings (SSSR count). The lowest BCUT2D eigenvalue weighted by Gasteiger charge is -2.23. The van der Waals surface area contributed by atoms with Gasteiger partial charge in [0.1, 0.15) is 23.5 Å². The van der Waals surface area contributed by atoms with Crippen molar-refractivity contribution >= 4 is 40.8 Å². The minimum atomic E-state index is -0.953. The van der Waals surface area contributed by atoms with Gasteiger partial charge in [0, 0.05) is 11.4 Å². The lowest BCUT2D eigenvalue weighted by molar-refractivity contribution is -0.123. The third-order valence-electron chi connectivity index (χ3n) is 4.43. The zero-order chi connectivity index (χ0) is 24.0. The highest BCUT2D eigenvalue weighted by molar-refractivity contribution is 6.31. The molecule has 0 spiro atoms. The van der Waals surface area contributed by atoms with Gasteiger partial charge in [-0.25, -0.2) is 10.2 Å². The van der Waals surface area contributed by atoms with Crippen molar-refractivity contribution < 1.29 is 18.7 Å². The quantitative estimate of drug-likeness (QED) is 0.418. The van der Waals surface area contributed by atoms with E-state index in [0.717, 1.165) is 5.56 Å². The molecule has 8 nitrogen and oxygen atoms in total. The summed E-state index contributed by atoms with van der Waals surface area (Å²) in [6, 6.07) is 13.0. The smallest absolute Gasteiger partial charge is 0.408 e. The Kier molecular flexibility index (Phi) is 7.50. The Labute approximate surface area is 195 Å². The second-order valence-electron chi connectivity index (χ2n) is 8.28. The maximum Gasteiger partial charge on any atom is 0.408 e. The predicted molar refractivity (Wildman–Crippen MR) is 127 cm³/mol. The normalized spacial score (nSPS) is 12.5. The number of nitrogens with zero attached hydrogens (tertiary/aromatic N) is 1. The number of benzene rings is 2. The van der Waals surface area contributed by atoms with Gasteiger partial charge in [-0.1, -0.05) is 41.9 Å². The number of ether oxygens (including phenoxy) is 1. The third-order valence-corrected chi connectivity index (χ3v) is 4.66. The van der Waals surface area contributed by atoms with Crippen LogP contribution in [0, 0.1) is 0 Å². The van der Waals surface area contributed by atoms with E-state index in [1.165, 1.54) is 18.5 Å². The van der Waals surface area contributed by atoms with E-state index in [1.54, 1.807) is 32.9 Å². The molecule has 0 aliphatic rings. The Morgan fingerprint density at radius 1 is 1.18 bits per heavy atom. The fourth-order valence-corrected chi connectivity index (χ4v) is 3.13. The number of carbonyl (C=O) groups is 2. The Hall–Kier alpha value is -3.65. The Morgan fingerprint density at radius 2 is 1.91 bits per heavy atom. The van der Waals surface area contributed by atoms with E-state index in [-0.39, 0.29) is 17.4 Å². The van der Waals surface area contributed by atoms with Gasteiger partial charge < -0.3 is 14.5 Å². The fourth-order valence-electron chi connectivity index (χ4n) is 2.96. The number of alkyl carbamates (subject to hydrolysis) is 1. The maximum absolute atomic E-state index is 12.8. The number of hydrazone groups is 1. The molecule has 0 radical (unpaired) electrons. The van der Waals surface area contributed by atoms with Crippen LogP contribution < -0.4 is 16.2 Å². The second-order valence-corrected chi connectivity index (χ2v) is 8.72. The summed E-state index contributed by atoms with van der Waals surface area (Å²) in [4.78, 5) is 37.6. The van der Waals surface area contributed by atoms with Crippen LogP contribution in [0.25, 0.3) is 11.0 Å². The molecule has 1 aromatic heterocycles. The highest BCUT2D eigenvalue weighted by Gasteiger charge is 2.24. The molecular formula is C24H24ClN3O5. The Balaban J connectivity index is 1.75. The van der Waals surface area contributed by atoms with E-state index in [9.17, 15) is 14.4 Å². The van der Waals surface area contributed by atoms with Crippen LogP contribution in [0.3, 0.4) is 0 Å². The molecule has 1 unspecified atom stereocenters. The fraction of sp³-hybridized carbons (Fsp3) is 0.250. The summed E-state index contributed by atoms with van der Waals surface area (Å²) < 4.78 is 10.7. The van der Waals surface area contributed by atoms with Gasteiger partial charge in [0.05, 0.1) is 17.2 Å². The summed E-state index contributed by atoms with van der Waals surface area (Å²) in [7, 11) is 0. The molecule has 1 heterocycles. The topological polar surface area (TPSA) is 110 Å². The minimum Gasteiger partial charge on any atom is -0.463 e. The van der Waals surface area contributed by atoms with Crippen molar-refractivity contribution in [3.05, 3.63) is 81.2 Å². The number of rotatable bonds is 6. The first-order chi connectivity index (χ1) is 15.6. The molecule has 1 atom stereocenters. The van der Waals surface area contributed by atoms with Gasteiger partial charge in [0.2, 0.25) is 5.43 Å². The van der Waals surface area contributed by atoms with Crippen molar-refractivity contribution in [1.82, 2.24) is 10.7 Å². The summed E-state index contributed by atoms with van der Waals surface area (Å²) in [6.45, 7) is 5.18. The van der Waals surface area contributed by atoms with Gasteiger partial charge in [-0.15, -0.1) is 0 Å². The van der Waals surface area contributed by atoms with Gasteiger partial charge in [-0.2, -0.15) is 5.10 Å². The molecule has 33 heavy (non-hydrogen) atoms. The second kappa shape index (κ2) is 10.3. The number of amides is 2. The standard InChI is InChI=1S/C24H24ClN3O5/c1-24(2,3)33-23(31)27-19(11-15-7-5-4-6-8-15)22(30)28-26-13-16-14-32-20-10-9-17(25)12-18(20)21(16)29/h4-10,12-14,19H,11H2,1-3H3,(H,27,31)(H,28,30)/b26-13+. The van der Waals surface area contributed by atoms with E-state index < -0.39 is 23.6 Å². The van der Waals surface area contributed by atoms with Crippen LogP contribution in [-0.2, 0) is 16.0 Å². The summed E-state index contributed by atoms with van der Waals surface area (Å²) >= 11 is 5.96. The summed E-state index contributed by atoms with van der Waals surface area (Å²) in [5, 5.41) is 7.13. The van der Waals surface area contributed by atoms with Crippen LogP contribution in [0.2, 0.25) is 5.02 Å². The average Bonchev–Trinajstić information content (AvgIpc) is 2.74. The van der Waals surface area contributed by atoms with Crippen molar-refractivity contribution in [2.24, 2.45) is 5.10 Å². The number of carbonyl (C=O) groups excluding carboxylic acids is 2. The van der Waals surface area contributed by atoms with Crippen LogP contribution in [0.15, 0.2) is 69.1 Å². The lowest BCUT2D eigenvalue weighted by atomic mass is 10.1. The molecule has 3 aromatic rings. The summed E-state index contributed by atoms with van der Waals surface area (Å²) in [5.74, 6) is -0.575. The monoisotopic (exact) mass is 469 g/mol. The highest BCUT2D eigenvalue weighted by atomic mass is 35.5. The van der Waals surface area contributed by atoms with Gasteiger partial charge in [-0.3, -0.25) is 9.59 Å². The Bertz CT molecular complexity index is 1230. The van der Waals surface area contributed by atoms with Crippen LogP contribution in [-0.4, -0.2) is 29.9 Å². The summed E-state index contributed by atoms with van der Waals surface area (Å²) in [5.41, 5.74) is 2.65. The maximum atomic E-state index is 12.8. The van der Waals surface area contributed by atoms with E-state index >= 15 is 0 Å². The molecule has 0 saturated heterocycles. The molecule has 0 saturated carbocycles. The van der Waals surface area contributed by atoms with Crippen LogP contribution in [0.5, 0.6) is 0 Å². The molecule has 2 amide bonds. The first kappa shape index (κ1) is 24.0. The van der Waals surface area contributed by atoms with Crippen LogP contribution in [0.4, 0.5) is 4.79 Å². The first-order valence-electron chi connectivity index (χ1n) is 10.2. The van der Waals surface area contributed by atoms with Gasteiger partial charge in [-0.05, 0) is 44.5 Å². The third kappa shape index (κ3) is 6.92. The van der Waals surface area contributed by atoms with Crippen molar-refractivity contribution in [2.45, 2.75) is 38.8 Å². The summed E-state index contributed by atoms with van der Waals surface area (Å²) in [6.07, 6.45) is 1.92.